The number of methoxy groups -OCH3 is 1. The quantitative estimate of drug-likeness (QED) is 0.200. The minimum atomic E-state index is -0.922. The average molecular weight is 515 g/mol. The van der Waals surface area contributed by atoms with E-state index in [2.05, 4.69) is 46.4 Å². The van der Waals surface area contributed by atoms with Crippen LogP contribution in [-0.2, 0) is 17.6 Å². The van der Waals surface area contributed by atoms with Gasteiger partial charge in [-0.2, -0.15) is 0 Å². The van der Waals surface area contributed by atoms with Crippen LogP contribution in [0.1, 0.15) is 43.0 Å². The molecule has 0 aliphatic heterocycles. The molecule has 0 atom stereocenters. The highest BCUT2D eigenvalue weighted by Crippen LogP contribution is 2.31. The first-order valence-electron chi connectivity index (χ1n) is 12.7. The third-order valence-corrected chi connectivity index (χ3v) is 7.18. The number of carbonyl (C=O) groups excluding carboxylic acids is 1. The third kappa shape index (κ3) is 4.80. The molecule has 0 amide bonds. The predicted octanol–water partition coefficient (Wildman–Crippen LogP) is 6.98. The molecule has 0 aliphatic carbocycles. The Morgan fingerprint density at radius 1 is 0.692 bits per heavy atom. The molecule has 39 heavy (non-hydrogen) atoms. The third-order valence-electron chi connectivity index (χ3n) is 7.18. The minimum Gasteiger partial charge on any atom is -0.478 e. The van der Waals surface area contributed by atoms with E-state index >= 15 is 0 Å². The minimum absolute atomic E-state index is 0.292. The van der Waals surface area contributed by atoms with Crippen molar-refractivity contribution in [3.8, 4) is 11.1 Å². The average Bonchev–Trinajstić information content (AvgIpc) is 3.56. The zero-order chi connectivity index (χ0) is 26.9. The first-order valence-corrected chi connectivity index (χ1v) is 12.7. The molecule has 0 saturated carbocycles. The van der Waals surface area contributed by atoms with E-state index in [0.29, 0.717) is 24.0 Å². The highest BCUT2D eigenvalue weighted by Gasteiger charge is 2.12. The number of aromatic carboxylic acids is 1. The Morgan fingerprint density at radius 3 is 1.72 bits per heavy atom. The fourth-order valence-electron chi connectivity index (χ4n) is 5.19. The highest BCUT2D eigenvalue weighted by atomic mass is 16.5. The lowest BCUT2D eigenvalue weighted by Gasteiger charge is -2.07. The SMILES string of the molecule is COC(=O)c1cccc(Cc2c[nH]c3ccc(-c4ccc5[nH]cc(Cc6cccc(C(=O)O)c6)c5c4)cc23)c1. The van der Waals surface area contributed by atoms with Gasteiger partial charge in [-0.1, -0.05) is 36.4 Å². The summed E-state index contributed by atoms with van der Waals surface area (Å²) in [4.78, 5) is 30.1. The van der Waals surface area contributed by atoms with E-state index in [1.165, 1.54) is 7.11 Å². The smallest absolute Gasteiger partial charge is 0.337 e. The summed E-state index contributed by atoms with van der Waals surface area (Å²) in [7, 11) is 1.39. The van der Waals surface area contributed by atoms with Gasteiger partial charge in [-0.15, -0.1) is 0 Å². The van der Waals surface area contributed by atoms with Crippen molar-refractivity contribution < 1.29 is 19.4 Å². The predicted molar refractivity (Wildman–Crippen MR) is 152 cm³/mol. The lowest BCUT2D eigenvalue weighted by atomic mass is 9.97. The van der Waals surface area contributed by atoms with Crippen molar-refractivity contribution in [3.63, 3.8) is 0 Å². The molecule has 0 saturated heterocycles. The van der Waals surface area contributed by atoms with Gasteiger partial charge in [0.15, 0.2) is 0 Å². The van der Waals surface area contributed by atoms with Gasteiger partial charge >= 0.3 is 11.9 Å². The number of H-pyrrole nitrogens is 2. The van der Waals surface area contributed by atoms with E-state index in [1.807, 2.05) is 36.7 Å². The van der Waals surface area contributed by atoms with Crippen molar-refractivity contribution in [2.75, 3.05) is 7.11 Å². The Labute approximate surface area is 224 Å². The van der Waals surface area contributed by atoms with Crippen LogP contribution < -0.4 is 0 Å². The lowest BCUT2D eigenvalue weighted by Crippen LogP contribution is -2.01. The number of carbonyl (C=O) groups is 2. The number of rotatable bonds is 7. The normalized spacial score (nSPS) is 11.2. The van der Waals surface area contributed by atoms with Crippen LogP contribution in [0.25, 0.3) is 32.9 Å². The topological polar surface area (TPSA) is 95.2 Å². The molecule has 6 heteroatoms. The van der Waals surface area contributed by atoms with Gasteiger partial charge in [-0.05, 0) is 94.8 Å². The summed E-state index contributed by atoms with van der Waals surface area (Å²) < 4.78 is 4.87. The molecular formula is C33H26N2O4. The van der Waals surface area contributed by atoms with Crippen LogP contribution in [0.3, 0.4) is 0 Å². The van der Waals surface area contributed by atoms with Crippen LogP contribution in [0, 0.1) is 0 Å². The van der Waals surface area contributed by atoms with Crippen molar-refractivity contribution in [2.45, 2.75) is 12.8 Å². The number of carboxylic acids is 1. The first kappa shape index (κ1) is 24.2. The second-order valence-corrected chi connectivity index (χ2v) is 9.70. The molecule has 2 aromatic heterocycles. The molecule has 0 bridgehead atoms. The van der Waals surface area contributed by atoms with Crippen LogP contribution in [0.5, 0.6) is 0 Å². The lowest BCUT2D eigenvalue weighted by molar-refractivity contribution is 0.0599. The van der Waals surface area contributed by atoms with Gasteiger partial charge < -0.3 is 19.8 Å². The molecule has 2 heterocycles. The monoisotopic (exact) mass is 514 g/mol. The maximum atomic E-state index is 12.0. The van der Waals surface area contributed by atoms with Gasteiger partial charge in [0.05, 0.1) is 18.2 Å². The maximum absolute atomic E-state index is 12.0. The molecule has 6 aromatic rings. The van der Waals surface area contributed by atoms with Gasteiger partial charge in [0.25, 0.3) is 0 Å². The van der Waals surface area contributed by atoms with Crippen LogP contribution in [0.15, 0.2) is 97.3 Å². The highest BCUT2D eigenvalue weighted by molar-refractivity contribution is 5.93. The van der Waals surface area contributed by atoms with E-state index < -0.39 is 5.97 Å². The number of aromatic nitrogens is 2. The van der Waals surface area contributed by atoms with Crippen LogP contribution in [0.2, 0.25) is 0 Å². The summed E-state index contributed by atoms with van der Waals surface area (Å²) in [6.45, 7) is 0. The standard InChI is InChI=1S/C33H26N2O4/c1-39-33(38)25-7-3-5-21(13-25)15-27-19-35-31-11-9-23(17-29(27)31)22-8-10-30-28(16-22)26(18-34-30)14-20-4-2-6-24(12-20)32(36)37/h2-13,16-19,34-35H,14-15H2,1H3,(H,36,37). The Bertz CT molecular complexity index is 1860. The fourth-order valence-corrected chi connectivity index (χ4v) is 5.19. The van der Waals surface area contributed by atoms with E-state index in [9.17, 15) is 14.7 Å². The molecule has 0 unspecified atom stereocenters. The largest absolute Gasteiger partial charge is 0.478 e. The molecule has 0 radical (unpaired) electrons. The number of nitrogens with one attached hydrogen (secondary N) is 2. The fraction of sp³-hybridized carbons (Fsp3) is 0.0909. The van der Waals surface area contributed by atoms with Crippen molar-refractivity contribution >= 4 is 33.7 Å². The van der Waals surface area contributed by atoms with Crippen LogP contribution in [0.4, 0.5) is 0 Å². The van der Waals surface area contributed by atoms with Crippen molar-refractivity contribution in [1.82, 2.24) is 9.97 Å². The number of esters is 1. The van der Waals surface area contributed by atoms with E-state index in [0.717, 1.165) is 55.2 Å². The van der Waals surface area contributed by atoms with E-state index in [4.69, 9.17) is 4.74 Å². The van der Waals surface area contributed by atoms with Crippen molar-refractivity contribution in [3.05, 3.63) is 131 Å². The summed E-state index contributed by atoms with van der Waals surface area (Å²) in [5.41, 5.74) is 9.39. The van der Waals surface area contributed by atoms with Gasteiger partial charge in [0.2, 0.25) is 0 Å². The number of ether oxygens (including phenoxy) is 1. The summed E-state index contributed by atoms with van der Waals surface area (Å²) in [5, 5.41) is 11.6. The Kier molecular flexibility index (Phi) is 6.21. The molecule has 0 fully saturated rings. The zero-order valence-electron chi connectivity index (χ0n) is 21.3. The zero-order valence-corrected chi connectivity index (χ0v) is 21.3. The van der Waals surface area contributed by atoms with Crippen LogP contribution in [-0.4, -0.2) is 34.1 Å². The molecule has 3 N–H and O–H groups in total. The van der Waals surface area contributed by atoms with Crippen molar-refractivity contribution in [2.24, 2.45) is 0 Å². The van der Waals surface area contributed by atoms with Gasteiger partial charge in [-0.3, -0.25) is 0 Å². The Hall–Kier alpha value is -5.10. The number of hydrogen-bond acceptors (Lipinski definition) is 3. The summed E-state index contributed by atoms with van der Waals surface area (Å²) in [5.74, 6) is -1.26. The van der Waals surface area contributed by atoms with Crippen LogP contribution >= 0.6 is 0 Å². The second kappa shape index (κ2) is 9.99. The molecule has 0 spiro atoms. The molecule has 0 aliphatic rings. The Balaban J connectivity index is 1.32. The summed E-state index contributed by atoms with van der Waals surface area (Å²) >= 11 is 0. The number of carboxylic acid groups (broad SMARTS) is 1. The molecule has 6 nitrogen and oxygen atoms in total. The number of aromatic amines is 2. The molecule has 4 aromatic carbocycles. The van der Waals surface area contributed by atoms with Crippen molar-refractivity contribution in [1.29, 1.82) is 0 Å². The summed E-state index contributed by atoms with van der Waals surface area (Å²) in [6, 6.07) is 27.4. The Morgan fingerprint density at radius 2 is 1.21 bits per heavy atom. The van der Waals surface area contributed by atoms with Gasteiger partial charge in [0.1, 0.15) is 0 Å². The second-order valence-electron chi connectivity index (χ2n) is 9.70. The first-order chi connectivity index (χ1) is 19.0. The van der Waals surface area contributed by atoms with E-state index in [1.54, 1.807) is 24.3 Å². The van der Waals surface area contributed by atoms with Gasteiger partial charge in [0, 0.05) is 34.2 Å². The molecule has 6 rings (SSSR count). The molecule has 192 valence electrons. The number of hydrogen-bond donors (Lipinski definition) is 3. The maximum Gasteiger partial charge on any atom is 0.337 e. The van der Waals surface area contributed by atoms with E-state index in [-0.39, 0.29) is 5.97 Å². The van der Waals surface area contributed by atoms with Gasteiger partial charge in [-0.25, -0.2) is 9.59 Å². The molecular weight excluding hydrogens is 488 g/mol. The number of fused-ring (bicyclic) bond motifs is 2. The summed E-state index contributed by atoms with van der Waals surface area (Å²) in [6.07, 6.45) is 5.34. The number of benzene rings is 4.